The van der Waals surface area contributed by atoms with Crippen molar-refractivity contribution < 1.29 is 9.90 Å². The Morgan fingerprint density at radius 1 is 1.29 bits per heavy atom. The van der Waals surface area contributed by atoms with Gasteiger partial charge in [0.25, 0.3) is 0 Å². The fourth-order valence-corrected chi connectivity index (χ4v) is 2.68. The van der Waals surface area contributed by atoms with Gasteiger partial charge in [-0.05, 0) is 18.6 Å². The predicted molar refractivity (Wildman–Crippen MR) is 84.4 cm³/mol. The summed E-state index contributed by atoms with van der Waals surface area (Å²) in [5, 5.41) is 9.88. The van der Waals surface area contributed by atoms with Gasteiger partial charge in [-0.2, -0.15) is 0 Å². The zero-order valence-electron chi connectivity index (χ0n) is 12.7. The van der Waals surface area contributed by atoms with Gasteiger partial charge in [-0.15, -0.1) is 0 Å². The van der Waals surface area contributed by atoms with Gasteiger partial charge in [-0.25, -0.2) is 0 Å². The van der Waals surface area contributed by atoms with Crippen LogP contribution < -0.4 is 10.6 Å². The molecule has 1 saturated heterocycles. The van der Waals surface area contributed by atoms with Crippen LogP contribution in [0.15, 0.2) is 24.3 Å². The van der Waals surface area contributed by atoms with Crippen molar-refractivity contribution in [2.45, 2.75) is 32.2 Å². The first-order valence-corrected chi connectivity index (χ1v) is 7.70. The molecule has 5 nitrogen and oxygen atoms in total. The largest absolute Gasteiger partial charge is 0.506 e. The van der Waals surface area contributed by atoms with Crippen LogP contribution in [0.25, 0.3) is 0 Å². The topological polar surface area (TPSA) is 69.8 Å². The second-order valence-corrected chi connectivity index (χ2v) is 5.55. The van der Waals surface area contributed by atoms with Gasteiger partial charge in [-0.1, -0.05) is 31.9 Å². The maximum Gasteiger partial charge on any atom is 0.239 e. The number of aromatic hydroxyl groups is 1. The average Bonchev–Trinajstić information content (AvgIpc) is 2.52. The molecule has 0 aromatic heterocycles. The predicted octanol–water partition coefficient (Wildman–Crippen LogP) is 1.56. The molecule has 0 radical (unpaired) electrons. The second kappa shape index (κ2) is 7.31. The summed E-state index contributed by atoms with van der Waals surface area (Å²) in [6.45, 7) is 4.87. The molecule has 0 saturated carbocycles. The summed E-state index contributed by atoms with van der Waals surface area (Å²) in [6, 6.07) is 6.94. The molecule has 0 aliphatic carbocycles. The quantitative estimate of drug-likeness (QED) is 0.864. The molecule has 1 amide bonds. The summed E-state index contributed by atoms with van der Waals surface area (Å²) in [5.41, 5.74) is 6.79. The number of nitrogens with zero attached hydrogens (tertiary/aromatic N) is 2. The molecule has 1 aromatic carbocycles. The standard InChI is InChI=1S/C16H25N3O2/c1-2-3-6-13(17)16(21)19-11-9-18(10-12-19)14-7-4-5-8-15(14)20/h4-5,7-8,13,20H,2-3,6,9-12,17H2,1H3/t13-/m0/s1. The van der Waals surface area contributed by atoms with Crippen LogP contribution in [0, 0.1) is 0 Å². The van der Waals surface area contributed by atoms with E-state index in [9.17, 15) is 9.90 Å². The third-order valence-electron chi connectivity index (χ3n) is 4.00. The van der Waals surface area contributed by atoms with E-state index in [0.29, 0.717) is 13.1 Å². The van der Waals surface area contributed by atoms with Crippen molar-refractivity contribution in [1.29, 1.82) is 0 Å². The summed E-state index contributed by atoms with van der Waals surface area (Å²) in [6.07, 6.45) is 2.81. The van der Waals surface area contributed by atoms with Crippen LogP contribution in [0.3, 0.4) is 0 Å². The summed E-state index contributed by atoms with van der Waals surface area (Å²) in [7, 11) is 0. The molecule has 1 aliphatic rings. The van der Waals surface area contributed by atoms with Crippen molar-refractivity contribution in [3.8, 4) is 5.75 Å². The number of anilines is 1. The van der Waals surface area contributed by atoms with E-state index in [2.05, 4.69) is 11.8 Å². The molecule has 3 N–H and O–H groups in total. The molecule has 1 atom stereocenters. The second-order valence-electron chi connectivity index (χ2n) is 5.55. The maximum atomic E-state index is 12.2. The highest BCUT2D eigenvalue weighted by atomic mass is 16.3. The number of piperazine rings is 1. The molecule has 0 bridgehead atoms. The number of nitrogens with two attached hydrogens (primary N) is 1. The Bertz CT molecular complexity index is 470. The van der Waals surface area contributed by atoms with Gasteiger partial charge in [0, 0.05) is 26.2 Å². The van der Waals surface area contributed by atoms with E-state index >= 15 is 0 Å². The van der Waals surface area contributed by atoms with Gasteiger partial charge >= 0.3 is 0 Å². The van der Waals surface area contributed by atoms with E-state index in [4.69, 9.17) is 5.73 Å². The highest BCUT2D eigenvalue weighted by molar-refractivity contribution is 5.82. The molecule has 1 aliphatic heterocycles. The van der Waals surface area contributed by atoms with E-state index in [-0.39, 0.29) is 17.7 Å². The van der Waals surface area contributed by atoms with Crippen molar-refractivity contribution in [2.24, 2.45) is 5.73 Å². The number of unbranched alkanes of at least 4 members (excludes halogenated alkanes) is 1. The molecule has 0 spiro atoms. The first-order chi connectivity index (χ1) is 10.1. The average molecular weight is 291 g/mol. The first kappa shape index (κ1) is 15.6. The van der Waals surface area contributed by atoms with Gasteiger partial charge < -0.3 is 20.6 Å². The van der Waals surface area contributed by atoms with Crippen molar-refractivity contribution >= 4 is 11.6 Å². The fourth-order valence-electron chi connectivity index (χ4n) is 2.68. The first-order valence-electron chi connectivity index (χ1n) is 7.70. The number of benzene rings is 1. The Hall–Kier alpha value is -1.75. The summed E-state index contributed by atoms with van der Waals surface area (Å²) in [5.74, 6) is 0.345. The maximum absolute atomic E-state index is 12.2. The van der Waals surface area contributed by atoms with E-state index in [0.717, 1.165) is 38.0 Å². The Balaban J connectivity index is 1.88. The van der Waals surface area contributed by atoms with Crippen molar-refractivity contribution in [2.75, 3.05) is 31.1 Å². The lowest BCUT2D eigenvalue weighted by Crippen LogP contribution is -2.53. The van der Waals surface area contributed by atoms with Crippen LogP contribution in [0.1, 0.15) is 26.2 Å². The highest BCUT2D eigenvalue weighted by Gasteiger charge is 2.25. The van der Waals surface area contributed by atoms with Crippen LogP contribution in [0.5, 0.6) is 5.75 Å². The summed E-state index contributed by atoms with van der Waals surface area (Å²) >= 11 is 0. The van der Waals surface area contributed by atoms with Crippen LogP contribution in [0.2, 0.25) is 0 Å². The van der Waals surface area contributed by atoms with Gasteiger partial charge in [0.2, 0.25) is 5.91 Å². The minimum absolute atomic E-state index is 0.0559. The van der Waals surface area contributed by atoms with Crippen molar-refractivity contribution in [3.05, 3.63) is 24.3 Å². The number of hydrogen-bond acceptors (Lipinski definition) is 4. The number of hydrogen-bond donors (Lipinski definition) is 2. The number of rotatable bonds is 5. The molecule has 2 rings (SSSR count). The lowest BCUT2D eigenvalue weighted by molar-refractivity contribution is -0.133. The number of para-hydroxylation sites is 2. The SMILES string of the molecule is CCCC[C@H](N)C(=O)N1CCN(c2ccccc2O)CC1. The van der Waals surface area contributed by atoms with E-state index in [1.54, 1.807) is 6.07 Å². The Morgan fingerprint density at radius 3 is 2.57 bits per heavy atom. The zero-order valence-corrected chi connectivity index (χ0v) is 12.7. The molecule has 1 fully saturated rings. The summed E-state index contributed by atoms with van der Waals surface area (Å²) < 4.78 is 0. The van der Waals surface area contributed by atoms with Gasteiger partial charge in [0.1, 0.15) is 5.75 Å². The van der Waals surface area contributed by atoms with Gasteiger partial charge in [0.15, 0.2) is 0 Å². The van der Waals surface area contributed by atoms with Crippen LogP contribution in [0.4, 0.5) is 5.69 Å². The fraction of sp³-hybridized carbons (Fsp3) is 0.562. The third kappa shape index (κ3) is 3.88. The normalized spacial score (nSPS) is 16.9. The number of phenols is 1. The van der Waals surface area contributed by atoms with Gasteiger partial charge in [-0.3, -0.25) is 4.79 Å². The molecular weight excluding hydrogens is 266 g/mol. The van der Waals surface area contributed by atoms with Crippen LogP contribution in [-0.4, -0.2) is 48.1 Å². The molecule has 0 unspecified atom stereocenters. The van der Waals surface area contributed by atoms with Crippen LogP contribution in [-0.2, 0) is 4.79 Å². The Morgan fingerprint density at radius 2 is 1.95 bits per heavy atom. The minimum Gasteiger partial charge on any atom is -0.506 e. The molecular formula is C16H25N3O2. The molecule has 1 aromatic rings. The zero-order chi connectivity index (χ0) is 15.2. The van der Waals surface area contributed by atoms with E-state index < -0.39 is 0 Å². The molecule has 1 heterocycles. The molecule has 116 valence electrons. The van der Waals surface area contributed by atoms with E-state index in [1.807, 2.05) is 23.1 Å². The third-order valence-corrected chi connectivity index (χ3v) is 4.00. The lowest BCUT2D eigenvalue weighted by atomic mass is 10.1. The molecule has 21 heavy (non-hydrogen) atoms. The monoisotopic (exact) mass is 291 g/mol. The highest BCUT2D eigenvalue weighted by Crippen LogP contribution is 2.27. The van der Waals surface area contributed by atoms with Crippen LogP contribution >= 0.6 is 0 Å². The smallest absolute Gasteiger partial charge is 0.239 e. The molecule has 5 heteroatoms. The van der Waals surface area contributed by atoms with E-state index in [1.165, 1.54) is 0 Å². The number of phenolic OH excluding ortho intramolecular Hbond substituents is 1. The number of amides is 1. The minimum atomic E-state index is -0.373. The number of carbonyl (C=O) groups is 1. The Labute approximate surface area is 126 Å². The van der Waals surface area contributed by atoms with Gasteiger partial charge in [0.05, 0.1) is 11.7 Å². The van der Waals surface area contributed by atoms with Crippen molar-refractivity contribution in [1.82, 2.24) is 4.90 Å². The van der Waals surface area contributed by atoms with Crippen molar-refractivity contribution in [3.63, 3.8) is 0 Å². The Kier molecular flexibility index (Phi) is 5.44. The summed E-state index contributed by atoms with van der Waals surface area (Å²) in [4.78, 5) is 16.2. The lowest BCUT2D eigenvalue weighted by Gasteiger charge is -2.37. The number of carbonyl (C=O) groups excluding carboxylic acids is 1.